The molecule has 0 unspecified atom stereocenters. The van der Waals surface area contributed by atoms with Gasteiger partial charge in [0.25, 0.3) is 5.56 Å². The zero-order valence-corrected chi connectivity index (χ0v) is 19.0. The highest BCUT2D eigenvalue weighted by molar-refractivity contribution is 7.12. The number of nitrogens with one attached hydrogen (secondary N) is 1. The van der Waals surface area contributed by atoms with Crippen LogP contribution in [0.25, 0.3) is 21.1 Å². The number of hydrogen-bond acceptors (Lipinski definition) is 6. The molecule has 9 heteroatoms. The summed E-state index contributed by atoms with van der Waals surface area (Å²) in [4.78, 5) is 30.3. The molecule has 2 aromatic heterocycles. The van der Waals surface area contributed by atoms with Gasteiger partial charge >= 0.3 is 0 Å². The number of benzene rings is 1. The van der Waals surface area contributed by atoms with E-state index < -0.39 is 16.8 Å². The van der Waals surface area contributed by atoms with E-state index in [2.05, 4.69) is 30.3 Å². The average molecular weight is 447 g/mol. The number of H-pyrrole nitrogens is 1. The Balaban J connectivity index is 1.76. The largest absolute Gasteiger partial charge is 0.492 e. The number of aromatic nitrogens is 2. The van der Waals surface area contributed by atoms with Gasteiger partial charge in [0.15, 0.2) is 11.6 Å². The molecule has 31 heavy (non-hydrogen) atoms. The van der Waals surface area contributed by atoms with Crippen molar-refractivity contribution in [1.82, 2.24) is 13.8 Å². The lowest BCUT2D eigenvalue weighted by molar-refractivity contribution is 0.240. The lowest BCUT2D eigenvalue weighted by atomic mass is 10.00. The minimum Gasteiger partial charge on any atom is -0.492 e. The molecule has 1 saturated heterocycles. The normalized spacial score (nSPS) is 20.3. The summed E-state index contributed by atoms with van der Waals surface area (Å²) in [6, 6.07) is 1.86. The molecule has 0 amide bonds. The Labute approximate surface area is 183 Å². The fraction of sp³-hybridized carbons (Fsp3) is 0.545. The summed E-state index contributed by atoms with van der Waals surface area (Å²) in [6.45, 7) is 3.65. The molecule has 1 aromatic carbocycles. The van der Waals surface area contributed by atoms with Crippen molar-refractivity contribution in [3.8, 4) is 5.75 Å². The number of rotatable bonds is 5. The van der Waals surface area contributed by atoms with Crippen molar-refractivity contribution in [3.63, 3.8) is 0 Å². The van der Waals surface area contributed by atoms with Gasteiger partial charge in [0.1, 0.15) is 15.9 Å². The highest BCUT2D eigenvalue weighted by Gasteiger charge is 2.35. The molecule has 1 aliphatic carbocycles. The molecule has 1 saturated carbocycles. The first kappa shape index (κ1) is 20.5. The van der Waals surface area contributed by atoms with Crippen LogP contribution in [0.3, 0.4) is 0 Å². The molecule has 166 valence electrons. The molecule has 3 heterocycles. The second-order valence-corrected chi connectivity index (χ2v) is 9.77. The summed E-state index contributed by atoms with van der Waals surface area (Å²) in [6.07, 6.45) is 2.89. The fourth-order valence-corrected chi connectivity index (χ4v) is 5.81. The predicted octanol–water partition coefficient (Wildman–Crippen LogP) is 3.16. The number of nitrogens with zero attached hydrogens (tertiary/aromatic N) is 3. The summed E-state index contributed by atoms with van der Waals surface area (Å²) in [5.41, 5.74) is 0.163. The first-order valence-electron chi connectivity index (χ1n) is 10.7. The predicted molar refractivity (Wildman–Crippen MR) is 122 cm³/mol. The van der Waals surface area contributed by atoms with Gasteiger partial charge in [0.2, 0.25) is 5.43 Å². The number of pyridine rings is 1. The minimum atomic E-state index is -0.479. The van der Waals surface area contributed by atoms with E-state index in [1.165, 1.54) is 13.2 Å². The van der Waals surface area contributed by atoms with Crippen molar-refractivity contribution in [2.45, 2.75) is 38.3 Å². The van der Waals surface area contributed by atoms with Crippen molar-refractivity contribution < 1.29 is 9.13 Å². The Kier molecular flexibility index (Phi) is 4.86. The van der Waals surface area contributed by atoms with Crippen LogP contribution in [0.5, 0.6) is 5.75 Å². The van der Waals surface area contributed by atoms with Gasteiger partial charge in [-0.15, -0.1) is 0 Å². The molecular formula is C22H27FN4O3S. The van der Waals surface area contributed by atoms with Crippen molar-refractivity contribution in [2.75, 3.05) is 39.2 Å². The SMILES string of the molecule is COc1c(N2CC[C@@H]([C@H](C)N(C)C)C2)c(F)cc2c(=O)c3c(=O)[nH]sc3n(C3CC3)c12. The number of hydrogen-bond donors (Lipinski definition) is 1. The molecule has 2 atom stereocenters. The van der Waals surface area contributed by atoms with Crippen molar-refractivity contribution in [2.24, 2.45) is 5.92 Å². The fourth-order valence-electron chi connectivity index (χ4n) is 4.89. The van der Waals surface area contributed by atoms with Crippen LogP contribution in [-0.4, -0.2) is 54.2 Å². The van der Waals surface area contributed by atoms with Gasteiger partial charge in [-0.1, -0.05) is 0 Å². The second-order valence-electron chi connectivity index (χ2n) is 8.98. The Hall–Kier alpha value is -2.39. The highest BCUT2D eigenvalue weighted by atomic mass is 32.1. The van der Waals surface area contributed by atoms with Gasteiger partial charge in [-0.25, -0.2) is 4.39 Å². The molecule has 7 nitrogen and oxygen atoms in total. The van der Waals surface area contributed by atoms with Gasteiger partial charge in [-0.05, 0) is 63.8 Å². The number of aromatic amines is 1. The maximum atomic E-state index is 15.5. The third kappa shape index (κ3) is 3.09. The molecule has 2 aliphatic rings. The van der Waals surface area contributed by atoms with Crippen molar-refractivity contribution in [1.29, 1.82) is 0 Å². The molecule has 0 bridgehead atoms. The summed E-state index contributed by atoms with van der Waals surface area (Å²) >= 11 is 1.16. The van der Waals surface area contributed by atoms with E-state index in [9.17, 15) is 9.59 Å². The number of anilines is 1. The minimum absolute atomic E-state index is 0.111. The van der Waals surface area contributed by atoms with Crippen molar-refractivity contribution in [3.05, 3.63) is 32.5 Å². The van der Waals surface area contributed by atoms with Gasteiger partial charge < -0.3 is 19.1 Å². The van der Waals surface area contributed by atoms with Crippen LogP contribution in [0, 0.1) is 11.7 Å². The van der Waals surface area contributed by atoms with E-state index in [-0.39, 0.29) is 16.8 Å². The van der Waals surface area contributed by atoms with E-state index in [0.717, 1.165) is 43.9 Å². The van der Waals surface area contributed by atoms with Gasteiger partial charge in [0, 0.05) is 25.2 Å². The maximum absolute atomic E-state index is 15.5. The van der Waals surface area contributed by atoms with E-state index in [1.54, 1.807) is 0 Å². The monoisotopic (exact) mass is 446 g/mol. The molecule has 3 aromatic rings. The number of fused-ring (bicyclic) bond motifs is 2. The maximum Gasteiger partial charge on any atom is 0.271 e. The quantitative estimate of drug-likeness (QED) is 0.652. The third-order valence-corrected chi connectivity index (χ3v) is 7.83. The van der Waals surface area contributed by atoms with E-state index in [4.69, 9.17) is 4.74 Å². The van der Waals surface area contributed by atoms with Crippen LogP contribution in [0.15, 0.2) is 15.7 Å². The van der Waals surface area contributed by atoms with E-state index in [0.29, 0.717) is 33.7 Å². The summed E-state index contributed by atoms with van der Waals surface area (Å²) in [7, 11) is 5.65. The Bertz CT molecular complexity index is 1290. The van der Waals surface area contributed by atoms with Crippen LogP contribution in [-0.2, 0) is 0 Å². The van der Waals surface area contributed by atoms with E-state index >= 15 is 4.39 Å². The Morgan fingerprint density at radius 2 is 2.03 bits per heavy atom. The lowest BCUT2D eigenvalue weighted by Gasteiger charge is -2.28. The number of methoxy groups -OCH3 is 1. The Morgan fingerprint density at radius 3 is 2.68 bits per heavy atom. The van der Waals surface area contributed by atoms with Gasteiger partial charge in [0.05, 0.1) is 18.0 Å². The average Bonchev–Trinajstić information content (AvgIpc) is 3.33. The summed E-state index contributed by atoms with van der Waals surface area (Å²) in [5.74, 6) is 0.325. The smallest absolute Gasteiger partial charge is 0.271 e. The first-order valence-corrected chi connectivity index (χ1v) is 11.5. The van der Waals surface area contributed by atoms with Gasteiger partial charge in [-0.2, -0.15) is 0 Å². The zero-order chi connectivity index (χ0) is 22.0. The highest BCUT2D eigenvalue weighted by Crippen LogP contribution is 2.46. The third-order valence-electron chi connectivity index (χ3n) is 6.95. The molecule has 5 rings (SSSR count). The van der Waals surface area contributed by atoms with Crippen molar-refractivity contribution >= 4 is 38.3 Å². The molecule has 1 N–H and O–H groups in total. The number of ether oxygens (including phenoxy) is 1. The van der Waals surface area contributed by atoms with Crippen LogP contribution >= 0.6 is 11.5 Å². The topological polar surface area (TPSA) is 70.6 Å². The van der Waals surface area contributed by atoms with Gasteiger partial charge in [-0.3, -0.25) is 14.0 Å². The first-order chi connectivity index (χ1) is 14.8. The zero-order valence-electron chi connectivity index (χ0n) is 18.2. The van der Waals surface area contributed by atoms with Crippen LogP contribution in [0.4, 0.5) is 10.1 Å². The van der Waals surface area contributed by atoms with Crippen LogP contribution in [0.1, 0.15) is 32.2 Å². The lowest BCUT2D eigenvalue weighted by Crippen LogP contribution is -2.34. The molecule has 2 fully saturated rings. The van der Waals surface area contributed by atoms with Crippen LogP contribution in [0.2, 0.25) is 0 Å². The summed E-state index contributed by atoms with van der Waals surface area (Å²) < 4.78 is 26.0. The molecule has 0 spiro atoms. The standard InChI is InChI=1S/C22H27FN4O3S/c1-11(25(2)3)12-7-8-26(10-12)18-15(23)9-14-17(20(18)30-4)27(13-5-6-13)22-16(19(14)28)21(29)24-31-22/h9,11-13H,5-8,10H2,1-4H3,(H,24,29)/t11-,12+/m0/s1. The molecule has 1 aliphatic heterocycles. The Morgan fingerprint density at radius 1 is 1.29 bits per heavy atom. The van der Waals surface area contributed by atoms with E-state index in [1.807, 2.05) is 9.47 Å². The molecule has 0 radical (unpaired) electrons. The molecular weight excluding hydrogens is 419 g/mol. The number of halogens is 1. The second kappa shape index (κ2) is 7.34. The summed E-state index contributed by atoms with van der Waals surface area (Å²) in [5, 5.41) is 0.318. The van der Waals surface area contributed by atoms with Crippen LogP contribution < -0.4 is 20.6 Å².